The maximum atomic E-state index is 12.8. The summed E-state index contributed by atoms with van der Waals surface area (Å²) in [4.78, 5) is 35.1. The van der Waals surface area contributed by atoms with Crippen molar-refractivity contribution in [3.05, 3.63) is 72.8 Å². The van der Waals surface area contributed by atoms with Gasteiger partial charge >= 0.3 is 0 Å². The molecule has 436 valence electrons. The van der Waals surface area contributed by atoms with E-state index in [4.69, 9.17) is 10.9 Å². The summed E-state index contributed by atoms with van der Waals surface area (Å²) in [6, 6.07) is 17.7. The number of primary sulfonamides is 1. The Labute approximate surface area is 475 Å². The number of rotatable bonds is 10. The highest BCUT2D eigenvalue weighted by atomic mass is 32.2. The minimum Gasteiger partial charge on any atom is -0.399 e. The van der Waals surface area contributed by atoms with Crippen molar-refractivity contribution in [3.8, 4) is 0 Å². The molecule has 0 unspecified atom stereocenters. The molecule has 0 radical (unpaired) electrons. The third-order valence-electron chi connectivity index (χ3n) is 14.0. The summed E-state index contributed by atoms with van der Waals surface area (Å²) < 4.78 is 77.6. The Balaban J connectivity index is 0.000000178. The van der Waals surface area contributed by atoms with Crippen molar-refractivity contribution in [3.63, 3.8) is 0 Å². The molecule has 0 atom stereocenters. The molecule has 27 heteroatoms. The summed E-state index contributed by atoms with van der Waals surface area (Å²) in [6.07, 6.45) is 22.5. The van der Waals surface area contributed by atoms with Crippen LogP contribution in [0, 0.1) is 16.2 Å². The van der Waals surface area contributed by atoms with E-state index in [0.29, 0.717) is 48.7 Å². The molecule has 2 amide bonds. The van der Waals surface area contributed by atoms with Crippen molar-refractivity contribution in [1.82, 2.24) is 24.5 Å². The number of carbonyl (C=O) groups is 2. The van der Waals surface area contributed by atoms with Gasteiger partial charge in [-0.2, -0.15) is 15.3 Å². The second-order valence-electron chi connectivity index (χ2n) is 20.4. The number of hydrogen-bond donors (Lipinski definition) is 6. The van der Waals surface area contributed by atoms with Crippen LogP contribution in [0.4, 0.5) is 17.1 Å². The molecule has 23 nitrogen and oxygen atoms in total. The fraction of sp³-hybridized carbons (Fsp3) is 0.509. The van der Waals surface area contributed by atoms with E-state index in [1.165, 1.54) is 114 Å². The zero-order valence-corrected chi connectivity index (χ0v) is 49.7. The van der Waals surface area contributed by atoms with Gasteiger partial charge in [-0.05, 0) is 138 Å². The Morgan fingerprint density at radius 2 is 0.863 bits per heavy atom. The molecule has 3 saturated carbocycles. The lowest BCUT2D eigenvalue weighted by Crippen LogP contribution is -2.42. The first-order valence-corrected chi connectivity index (χ1v) is 32.6. The summed E-state index contributed by atoms with van der Waals surface area (Å²) >= 11 is 1.70. The van der Waals surface area contributed by atoms with E-state index in [2.05, 4.69) is 74.8 Å². The molecule has 0 saturated heterocycles. The van der Waals surface area contributed by atoms with Gasteiger partial charge in [-0.1, -0.05) is 50.3 Å². The Hall–Kier alpha value is -6.42. The lowest BCUT2D eigenvalue weighted by Gasteiger charge is -2.23. The second-order valence-corrected chi connectivity index (χ2v) is 26.1. The number of carbonyl (C=O) groups excluding carboxylic acids is 2. The van der Waals surface area contributed by atoms with Crippen LogP contribution in [0.25, 0.3) is 0 Å². The maximum absolute atomic E-state index is 12.8. The monoisotopic (exact) mass is 1180 g/mol. The Morgan fingerprint density at radius 3 is 1.19 bits per heavy atom. The van der Waals surface area contributed by atoms with Gasteiger partial charge in [0.1, 0.15) is 0 Å². The number of hydrazone groups is 3. The predicted octanol–water partition coefficient (Wildman–Crippen LogP) is 6.83. The molecule has 80 heavy (non-hydrogen) atoms. The molecule has 3 aromatic carbocycles. The number of guanidine groups is 2. The van der Waals surface area contributed by atoms with Crippen LogP contribution in [-0.2, 0) is 39.7 Å². The van der Waals surface area contributed by atoms with E-state index >= 15 is 0 Å². The van der Waals surface area contributed by atoms with Crippen LogP contribution in [0.1, 0.15) is 112 Å². The number of sulfonamides is 3. The van der Waals surface area contributed by atoms with E-state index < -0.39 is 30.1 Å². The van der Waals surface area contributed by atoms with E-state index in [1.807, 2.05) is 26.3 Å². The first-order chi connectivity index (χ1) is 38.0. The average Bonchev–Trinajstić information content (AvgIpc) is 4.33. The Morgan fingerprint density at radius 1 is 0.537 bits per heavy atom. The smallest absolute Gasteiger partial charge is 0.264 e. The highest BCUT2D eigenvalue weighted by Crippen LogP contribution is 2.42. The molecular weight excluding hydrogens is 1100 g/mol. The van der Waals surface area contributed by atoms with Gasteiger partial charge in [-0.25, -0.2) is 54.9 Å². The predicted molar refractivity (Wildman–Crippen MR) is 320 cm³/mol. The molecule has 0 aromatic heterocycles. The lowest BCUT2D eigenvalue weighted by atomic mass is 9.88. The van der Waals surface area contributed by atoms with E-state index in [0.717, 1.165) is 43.9 Å². The van der Waals surface area contributed by atoms with E-state index in [1.54, 1.807) is 46.0 Å². The number of thioether (sulfide) groups is 1. The quantitative estimate of drug-likeness (QED) is 0.0690. The third-order valence-corrected chi connectivity index (χ3v) is 18.4. The van der Waals surface area contributed by atoms with Gasteiger partial charge in [0, 0.05) is 85.4 Å². The minimum absolute atomic E-state index is 0.0200. The van der Waals surface area contributed by atoms with Crippen molar-refractivity contribution in [2.45, 2.75) is 126 Å². The van der Waals surface area contributed by atoms with Crippen LogP contribution in [0.2, 0.25) is 0 Å². The van der Waals surface area contributed by atoms with Gasteiger partial charge in [0.05, 0.1) is 34.3 Å². The number of hydrogen-bond acceptors (Lipinski definition) is 16. The summed E-state index contributed by atoms with van der Waals surface area (Å²) in [6.45, 7) is 12.7. The van der Waals surface area contributed by atoms with Crippen molar-refractivity contribution >= 4 is 106 Å². The fourth-order valence-electron chi connectivity index (χ4n) is 10.1. The number of amides is 2. The summed E-state index contributed by atoms with van der Waals surface area (Å²) in [5.41, 5.74) is 7.70. The Kier molecular flexibility index (Phi) is 21.8. The van der Waals surface area contributed by atoms with Crippen LogP contribution in [-0.4, -0.2) is 133 Å². The van der Waals surface area contributed by atoms with Gasteiger partial charge in [0.25, 0.3) is 20.0 Å². The van der Waals surface area contributed by atoms with Gasteiger partial charge in [-0.3, -0.25) is 24.6 Å². The van der Waals surface area contributed by atoms with Gasteiger partial charge < -0.3 is 16.4 Å². The summed E-state index contributed by atoms with van der Waals surface area (Å²) in [5, 5.41) is 29.8. The largest absolute Gasteiger partial charge is 0.399 e. The second kappa shape index (κ2) is 27.8. The lowest BCUT2D eigenvalue weighted by molar-refractivity contribution is -0.115. The highest BCUT2D eigenvalue weighted by Gasteiger charge is 2.42. The van der Waals surface area contributed by atoms with Crippen molar-refractivity contribution in [1.29, 1.82) is 0 Å². The minimum atomic E-state index is -3.81. The zero-order chi connectivity index (χ0) is 58.2. The average molecular weight is 1180 g/mol. The number of nitrogens with two attached hydrogens (primary N) is 2. The number of anilines is 3. The normalized spacial score (nSPS) is 18.9. The molecule has 0 bridgehead atoms. The molecule has 3 aliphatic carbocycles. The first-order valence-electron chi connectivity index (χ1n) is 26.8. The number of nitrogen functional groups attached to an aromatic ring is 1. The SMILES string of the molecule is CC(=O)Nc1ccc(S(N)(=O)=O)cc1.CCN=C(NS(=O)(=O)c1ccc(N)cc1)N1CC2(C=N1)CCCC2.CCN=C(NS(=O)(=O)c1ccc(NC(C)=O)cc1)N1CC2(C=N1)CCCC2.CCN=C(SC)N1CC2(C=N1)CCCC2. The summed E-state index contributed by atoms with van der Waals surface area (Å²) in [7, 11) is -11.2. The molecule has 3 aliphatic heterocycles. The van der Waals surface area contributed by atoms with E-state index in [-0.39, 0.29) is 49.2 Å². The first kappa shape index (κ1) is 62.8. The van der Waals surface area contributed by atoms with Crippen LogP contribution in [0.5, 0.6) is 0 Å². The zero-order valence-electron chi connectivity index (χ0n) is 46.5. The maximum Gasteiger partial charge on any atom is 0.264 e. The standard InChI is InChI=1S/C18H25N5O3S.C16H23N5O2S.C11H19N3S.C8H10N2O3S/c1-3-19-17(23-13-18(12-20-23)10-4-5-11-18)22-27(25,26)16-8-6-15(7-9-16)21-14(2)24;1-2-18-15(21-12-16(11-19-21)9-3-4-10-16)20-24(22,23)14-7-5-13(17)6-8-14;1-3-12-10(15-2)14-9-11(8-13-14)6-4-5-7-11;1-6(11)10-7-2-4-8(5-3-7)14(9,12)13/h6-9,12H,3-5,10-11,13H2,1-2H3,(H,19,22)(H,21,24);5-8,11H,2-4,9-10,12,17H2,1H3,(H,18,20);8H,3-7,9H2,1-2H3;2-5H,1H3,(H,10,11)(H2,9,12,13). The van der Waals surface area contributed by atoms with Gasteiger partial charge in [-0.15, -0.1) is 0 Å². The van der Waals surface area contributed by atoms with Crippen LogP contribution >= 0.6 is 11.8 Å². The number of nitrogens with zero attached hydrogens (tertiary/aromatic N) is 9. The number of benzene rings is 3. The van der Waals surface area contributed by atoms with Crippen molar-refractivity contribution < 1.29 is 34.8 Å². The highest BCUT2D eigenvalue weighted by molar-refractivity contribution is 8.13. The summed E-state index contributed by atoms with van der Waals surface area (Å²) in [5.74, 6) is 0.0833. The fourth-order valence-corrected chi connectivity index (χ4v) is 13.2. The molecule has 3 aromatic rings. The number of aliphatic imine (C=N–C) groups is 3. The van der Waals surface area contributed by atoms with Crippen LogP contribution < -0.4 is 31.0 Å². The molecule has 9 rings (SSSR count). The van der Waals surface area contributed by atoms with E-state index in [9.17, 15) is 34.8 Å². The molecular formula is C53H77N15O8S4. The van der Waals surface area contributed by atoms with Crippen LogP contribution in [0.15, 0.2) is 118 Å². The molecule has 3 fully saturated rings. The molecule has 3 heterocycles. The number of nitrogens with one attached hydrogen (secondary N) is 4. The van der Waals surface area contributed by atoms with Gasteiger partial charge in [0.2, 0.25) is 33.8 Å². The molecule has 3 spiro atoms. The molecule has 6 aliphatic rings. The topological polar surface area (TPSA) is 321 Å². The van der Waals surface area contributed by atoms with Crippen molar-refractivity contribution in [2.24, 2.45) is 51.7 Å². The number of amidine groups is 1. The third kappa shape index (κ3) is 17.5. The van der Waals surface area contributed by atoms with Gasteiger partial charge in [0.15, 0.2) is 5.17 Å². The van der Waals surface area contributed by atoms with Crippen molar-refractivity contribution in [2.75, 3.05) is 61.9 Å². The molecule has 8 N–H and O–H groups in total. The Bertz CT molecular complexity index is 3130. The van der Waals surface area contributed by atoms with Crippen LogP contribution in [0.3, 0.4) is 0 Å².